The third-order valence-electron chi connectivity index (χ3n) is 4.17. The van der Waals surface area contributed by atoms with Gasteiger partial charge in [0.15, 0.2) is 0 Å². The van der Waals surface area contributed by atoms with Crippen LogP contribution >= 0.6 is 0 Å². The fourth-order valence-electron chi connectivity index (χ4n) is 3.10. The highest BCUT2D eigenvalue weighted by Crippen LogP contribution is 2.29. The number of aromatic nitrogens is 2. The van der Waals surface area contributed by atoms with Gasteiger partial charge in [0.1, 0.15) is 12.1 Å². The van der Waals surface area contributed by atoms with Gasteiger partial charge in [-0.25, -0.2) is 9.97 Å². The van der Waals surface area contributed by atoms with Crippen LogP contribution in [0.25, 0.3) is 0 Å². The van der Waals surface area contributed by atoms with Crippen LogP contribution in [0.2, 0.25) is 0 Å². The number of aryl methyl sites for hydroxylation is 1. The van der Waals surface area contributed by atoms with Gasteiger partial charge in [-0.3, -0.25) is 0 Å². The number of rotatable bonds is 3. The van der Waals surface area contributed by atoms with Crippen molar-refractivity contribution in [1.82, 2.24) is 9.97 Å². The standard InChI is InChI=1S/C14H21N3O2/c1-17(9-14(18)5-7-19-8-6-14)13-11-3-2-4-12(11)15-10-16-13/h10,18H,2-9H2,1H3. The van der Waals surface area contributed by atoms with Crippen LogP contribution in [0.15, 0.2) is 6.33 Å². The number of anilines is 1. The third kappa shape index (κ3) is 2.58. The van der Waals surface area contributed by atoms with Crippen molar-refractivity contribution in [1.29, 1.82) is 0 Å². The molecule has 19 heavy (non-hydrogen) atoms. The molecule has 0 spiro atoms. The van der Waals surface area contributed by atoms with E-state index >= 15 is 0 Å². The molecule has 5 nitrogen and oxygen atoms in total. The lowest BCUT2D eigenvalue weighted by atomic mass is 9.94. The zero-order valence-corrected chi connectivity index (χ0v) is 11.4. The number of ether oxygens (including phenoxy) is 1. The zero-order chi connectivity index (χ0) is 13.3. The molecule has 0 aromatic carbocycles. The van der Waals surface area contributed by atoms with E-state index in [1.54, 1.807) is 6.33 Å². The number of likely N-dealkylation sites (N-methyl/N-ethyl adjacent to an activating group) is 1. The van der Waals surface area contributed by atoms with Crippen molar-refractivity contribution in [3.05, 3.63) is 17.6 Å². The monoisotopic (exact) mass is 263 g/mol. The normalized spacial score (nSPS) is 21.2. The van der Waals surface area contributed by atoms with Crippen LogP contribution in [-0.2, 0) is 17.6 Å². The molecule has 5 heteroatoms. The molecule has 0 amide bonds. The summed E-state index contributed by atoms with van der Waals surface area (Å²) in [5.74, 6) is 0.988. The van der Waals surface area contributed by atoms with Gasteiger partial charge < -0.3 is 14.7 Å². The van der Waals surface area contributed by atoms with Gasteiger partial charge >= 0.3 is 0 Å². The van der Waals surface area contributed by atoms with Crippen LogP contribution in [-0.4, -0.2) is 47.5 Å². The average molecular weight is 263 g/mol. The molecule has 0 bridgehead atoms. The molecule has 0 radical (unpaired) electrons. The van der Waals surface area contributed by atoms with Gasteiger partial charge in [-0.1, -0.05) is 0 Å². The molecule has 1 fully saturated rings. The maximum Gasteiger partial charge on any atom is 0.135 e. The summed E-state index contributed by atoms with van der Waals surface area (Å²) in [6.45, 7) is 1.90. The largest absolute Gasteiger partial charge is 0.388 e. The Morgan fingerprint density at radius 2 is 2.11 bits per heavy atom. The SMILES string of the molecule is CN(CC1(O)CCOCC1)c1ncnc2c1CCC2. The van der Waals surface area contributed by atoms with Gasteiger partial charge in [0.05, 0.1) is 5.60 Å². The molecule has 1 aliphatic heterocycles. The van der Waals surface area contributed by atoms with Crippen LogP contribution < -0.4 is 4.90 Å². The van der Waals surface area contributed by atoms with Crippen molar-refractivity contribution in [2.75, 3.05) is 31.7 Å². The maximum absolute atomic E-state index is 10.6. The molecule has 0 atom stereocenters. The Hall–Kier alpha value is -1.20. The summed E-state index contributed by atoms with van der Waals surface area (Å²) in [5.41, 5.74) is 1.79. The van der Waals surface area contributed by atoms with Gasteiger partial charge in [-0.2, -0.15) is 0 Å². The van der Waals surface area contributed by atoms with Gasteiger partial charge in [-0.05, 0) is 19.3 Å². The number of hydrogen-bond donors (Lipinski definition) is 1. The molecule has 0 unspecified atom stereocenters. The lowest BCUT2D eigenvalue weighted by Crippen LogP contribution is -2.46. The van der Waals surface area contributed by atoms with Crippen molar-refractivity contribution in [2.45, 2.75) is 37.7 Å². The highest BCUT2D eigenvalue weighted by atomic mass is 16.5. The van der Waals surface area contributed by atoms with E-state index in [9.17, 15) is 5.11 Å². The first-order valence-corrected chi connectivity index (χ1v) is 7.02. The second-order valence-corrected chi connectivity index (χ2v) is 5.67. The first-order valence-electron chi connectivity index (χ1n) is 7.02. The van der Waals surface area contributed by atoms with Crippen molar-refractivity contribution < 1.29 is 9.84 Å². The smallest absolute Gasteiger partial charge is 0.135 e. The second-order valence-electron chi connectivity index (χ2n) is 5.67. The van der Waals surface area contributed by atoms with Crippen molar-refractivity contribution >= 4 is 5.82 Å². The van der Waals surface area contributed by atoms with E-state index < -0.39 is 5.60 Å². The Morgan fingerprint density at radius 1 is 1.32 bits per heavy atom. The first-order chi connectivity index (χ1) is 9.18. The predicted octanol–water partition coefficient (Wildman–Crippen LogP) is 0.943. The van der Waals surface area contributed by atoms with E-state index in [0.29, 0.717) is 32.6 Å². The number of fused-ring (bicyclic) bond motifs is 1. The van der Waals surface area contributed by atoms with Gasteiger partial charge in [0.2, 0.25) is 0 Å². The molecule has 104 valence electrons. The zero-order valence-electron chi connectivity index (χ0n) is 11.4. The highest BCUT2D eigenvalue weighted by molar-refractivity contribution is 5.50. The molecular weight excluding hydrogens is 242 g/mol. The Bertz CT molecular complexity index is 458. The van der Waals surface area contributed by atoms with Gasteiger partial charge in [-0.15, -0.1) is 0 Å². The summed E-state index contributed by atoms with van der Waals surface area (Å²) >= 11 is 0. The minimum absolute atomic E-state index is 0.611. The van der Waals surface area contributed by atoms with Crippen molar-refractivity contribution in [3.8, 4) is 0 Å². The lowest BCUT2D eigenvalue weighted by molar-refractivity contribution is -0.0573. The summed E-state index contributed by atoms with van der Waals surface area (Å²) < 4.78 is 5.32. The minimum atomic E-state index is -0.649. The minimum Gasteiger partial charge on any atom is -0.388 e. The summed E-state index contributed by atoms with van der Waals surface area (Å²) in [7, 11) is 2.01. The van der Waals surface area contributed by atoms with Crippen molar-refractivity contribution in [2.24, 2.45) is 0 Å². The first kappa shape index (κ1) is 12.8. The van der Waals surface area contributed by atoms with Crippen LogP contribution in [0.5, 0.6) is 0 Å². The topological polar surface area (TPSA) is 58.5 Å². The van der Waals surface area contributed by atoms with Crippen LogP contribution in [0, 0.1) is 0 Å². The maximum atomic E-state index is 10.6. The molecule has 0 saturated carbocycles. The molecule has 1 aliphatic carbocycles. The molecule has 1 saturated heterocycles. The number of nitrogens with zero attached hydrogens (tertiary/aromatic N) is 3. The van der Waals surface area contributed by atoms with E-state index in [1.807, 2.05) is 7.05 Å². The van der Waals surface area contributed by atoms with E-state index in [1.165, 1.54) is 11.3 Å². The fraction of sp³-hybridized carbons (Fsp3) is 0.714. The van der Waals surface area contributed by atoms with E-state index in [2.05, 4.69) is 14.9 Å². The van der Waals surface area contributed by atoms with Gasteiger partial charge in [0.25, 0.3) is 0 Å². The van der Waals surface area contributed by atoms with E-state index in [-0.39, 0.29) is 0 Å². The third-order valence-corrected chi connectivity index (χ3v) is 4.17. The fourth-order valence-corrected chi connectivity index (χ4v) is 3.10. The quantitative estimate of drug-likeness (QED) is 0.879. The number of hydrogen-bond acceptors (Lipinski definition) is 5. The lowest BCUT2D eigenvalue weighted by Gasteiger charge is -2.36. The summed E-state index contributed by atoms with van der Waals surface area (Å²) in [4.78, 5) is 10.8. The Balaban J connectivity index is 1.77. The van der Waals surface area contributed by atoms with Crippen LogP contribution in [0.3, 0.4) is 0 Å². The molecule has 2 heterocycles. The van der Waals surface area contributed by atoms with Crippen LogP contribution in [0.4, 0.5) is 5.82 Å². The van der Waals surface area contributed by atoms with Crippen LogP contribution in [0.1, 0.15) is 30.5 Å². The summed E-state index contributed by atoms with van der Waals surface area (Å²) in [5, 5.41) is 10.6. The molecule has 1 N–H and O–H groups in total. The predicted molar refractivity (Wildman–Crippen MR) is 72.3 cm³/mol. The summed E-state index contributed by atoms with van der Waals surface area (Å²) in [6.07, 6.45) is 6.31. The highest BCUT2D eigenvalue weighted by Gasteiger charge is 2.32. The van der Waals surface area contributed by atoms with E-state index in [4.69, 9.17) is 4.74 Å². The van der Waals surface area contributed by atoms with E-state index in [0.717, 1.165) is 25.1 Å². The Morgan fingerprint density at radius 3 is 2.89 bits per heavy atom. The number of aliphatic hydroxyl groups is 1. The second kappa shape index (κ2) is 5.06. The van der Waals surface area contributed by atoms with Crippen molar-refractivity contribution in [3.63, 3.8) is 0 Å². The average Bonchev–Trinajstić information content (AvgIpc) is 2.86. The molecular formula is C14H21N3O2. The molecule has 3 rings (SSSR count). The van der Waals surface area contributed by atoms with Gasteiger partial charge in [0, 0.05) is 50.9 Å². The summed E-state index contributed by atoms with van der Waals surface area (Å²) in [6, 6.07) is 0. The molecule has 1 aromatic heterocycles. The Labute approximate surface area is 113 Å². The Kier molecular flexibility index (Phi) is 3.41. The molecule has 2 aliphatic rings. The molecule has 1 aromatic rings.